The fraction of sp³-hybridized carbons (Fsp3) is 0.467. The Morgan fingerprint density at radius 1 is 1.11 bits per heavy atom. The molecule has 1 aliphatic rings. The fourth-order valence-corrected chi connectivity index (χ4v) is 2.48. The number of nitrogens with zero attached hydrogens (tertiary/aromatic N) is 3. The summed E-state index contributed by atoms with van der Waals surface area (Å²) in [4.78, 5) is 2.08. The predicted molar refractivity (Wildman–Crippen MR) is 82.9 cm³/mol. The number of hydrogen-bond acceptors (Lipinski definition) is 3. The van der Waals surface area contributed by atoms with Crippen LogP contribution in [0.5, 0.6) is 0 Å². The van der Waals surface area contributed by atoms with E-state index >= 15 is 0 Å². The van der Waals surface area contributed by atoms with Gasteiger partial charge in [-0.05, 0) is 0 Å². The van der Waals surface area contributed by atoms with Gasteiger partial charge in [-0.3, -0.25) is 0 Å². The van der Waals surface area contributed by atoms with E-state index in [4.69, 9.17) is 5.10 Å². The van der Waals surface area contributed by atoms with Crippen molar-refractivity contribution in [3.05, 3.63) is 35.9 Å². The quantitative estimate of drug-likeness (QED) is 0.621. The number of rotatable bonds is 4. The van der Waals surface area contributed by atoms with Crippen LogP contribution in [-0.4, -0.2) is 62.9 Å². The first-order valence-corrected chi connectivity index (χ1v) is 7.65. The molecule has 1 heterocycles. The number of likely N-dealkylation sites (N-methyl/N-ethyl adjacent to an activating group) is 1. The van der Waals surface area contributed by atoms with Gasteiger partial charge in [-0.15, -0.1) is 0 Å². The summed E-state index contributed by atoms with van der Waals surface area (Å²) in [6.07, 6.45) is 3.82. The summed E-state index contributed by atoms with van der Waals surface area (Å²) in [5.41, 5.74) is 2.20. The maximum absolute atomic E-state index is 4.87. The molecule has 19 heavy (non-hydrogen) atoms. The normalized spacial score (nSPS) is 16.3. The van der Waals surface area contributed by atoms with Crippen LogP contribution in [0, 0.1) is 0 Å². The van der Waals surface area contributed by atoms with E-state index in [1.807, 2.05) is 20.2 Å². The van der Waals surface area contributed by atoms with Gasteiger partial charge in [0.05, 0.1) is 0 Å². The average Bonchev–Trinajstić information content (AvgIpc) is 2.46. The van der Waals surface area contributed by atoms with Crippen LogP contribution < -0.4 is 0 Å². The zero-order valence-electron chi connectivity index (χ0n) is 11.7. The van der Waals surface area contributed by atoms with E-state index in [9.17, 15) is 0 Å². The molecule has 0 atom stereocenters. The minimum absolute atomic E-state index is 1.03. The van der Waals surface area contributed by atoms with Gasteiger partial charge in [0, 0.05) is 0 Å². The van der Waals surface area contributed by atoms with E-state index in [-0.39, 0.29) is 0 Å². The van der Waals surface area contributed by atoms with E-state index < -0.39 is 0 Å². The van der Waals surface area contributed by atoms with Gasteiger partial charge in [-0.1, -0.05) is 0 Å². The third-order valence-corrected chi connectivity index (χ3v) is 4.40. The van der Waals surface area contributed by atoms with Crippen LogP contribution in [0.25, 0.3) is 0 Å². The summed E-state index contributed by atoms with van der Waals surface area (Å²) < 4.78 is 1.08. The molecule has 4 heteroatoms. The average molecular weight is 322 g/mol. The maximum atomic E-state index is 4.87. The van der Waals surface area contributed by atoms with Gasteiger partial charge >= 0.3 is 123 Å². The molecule has 0 saturated carbocycles. The predicted octanol–water partition coefficient (Wildman–Crippen LogP) is 1.74. The first-order valence-electron chi connectivity index (χ1n) is 6.79. The Labute approximate surface area is 123 Å². The molecule has 0 N–H and O–H groups in total. The summed E-state index contributed by atoms with van der Waals surface area (Å²) in [5.74, 6) is 0. The zero-order chi connectivity index (χ0) is 13.7. The number of hydrogen-bond donors (Lipinski definition) is 0. The third-order valence-electron chi connectivity index (χ3n) is 3.23. The molecule has 0 aromatic heterocycles. The van der Waals surface area contributed by atoms with Crippen molar-refractivity contribution in [3.8, 4) is 0 Å². The minimum atomic E-state index is 1.03. The van der Waals surface area contributed by atoms with Crippen LogP contribution in [0.1, 0.15) is 24.8 Å². The molecule has 1 aromatic carbocycles. The van der Waals surface area contributed by atoms with Gasteiger partial charge in [0.25, 0.3) is 0 Å². The summed E-state index contributed by atoms with van der Waals surface area (Å²) in [6.45, 7) is 2.13. The molecular weight excluding hydrogens is 301 g/mol. The summed E-state index contributed by atoms with van der Waals surface area (Å²) >= 11 is 3.15. The molecule has 0 amide bonds. The Balaban J connectivity index is 2.28. The molecule has 102 valence electrons. The molecule has 1 saturated heterocycles. The van der Waals surface area contributed by atoms with Gasteiger partial charge in [-0.25, -0.2) is 0 Å². The van der Waals surface area contributed by atoms with Crippen molar-refractivity contribution < 1.29 is 0 Å². The van der Waals surface area contributed by atoms with Gasteiger partial charge in [0.2, 0.25) is 0 Å². The number of piperidine rings is 1. The molecule has 0 unspecified atom stereocenters. The Morgan fingerprint density at radius 3 is 2.32 bits per heavy atom. The van der Waals surface area contributed by atoms with Gasteiger partial charge in [0.15, 0.2) is 0 Å². The SMILES string of the molecule is CN(C)C(=[Se])/C(=N/N1CCCCC1)c1ccccc1. The molecule has 1 fully saturated rings. The van der Waals surface area contributed by atoms with E-state index in [0.717, 1.165) is 28.9 Å². The standard InChI is InChI=1S/C15H21N3Se/c1-17(2)15(19)14(13-9-5-3-6-10-13)16-18-11-7-4-8-12-18/h3,5-6,9-10H,4,7-8,11-12H2,1-2H3/b16-14+. The number of benzene rings is 1. The monoisotopic (exact) mass is 323 g/mol. The van der Waals surface area contributed by atoms with Crippen molar-refractivity contribution in [2.24, 2.45) is 5.10 Å². The van der Waals surface area contributed by atoms with E-state index in [2.05, 4.69) is 49.8 Å². The molecule has 0 radical (unpaired) electrons. The van der Waals surface area contributed by atoms with E-state index in [1.54, 1.807) is 0 Å². The van der Waals surface area contributed by atoms with Crippen molar-refractivity contribution in [3.63, 3.8) is 0 Å². The van der Waals surface area contributed by atoms with Crippen molar-refractivity contribution in [2.45, 2.75) is 19.3 Å². The summed E-state index contributed by atoms with van der Waals surface area (Å²) in [5, 5.41) is 7.07. The first-order chi connectivity index (χ1) is 9.18. The summed E-state index contributed by atoms with van der Waals surface area (Å²) in [7, 11) is 4.08. The Morgan fingerprint density at radius 2 is 1.74 bits per heavy atom. The van der Waals surface area contributed by atoms with Gasteiger partial charge in [-0.2, -0.15) is 0 Å². The second-order valence-corrected chi connectivity index (χ2v) is 5.84. The Bertz CT molecular complexity index is 448. The molecule has 1 aromatic rings. The van der Waals surface area contributed by atoms with Crippen molar-refractivity contribution in [2.75, 3.05) is 27.2 Å². The molecule has 0 aliphatic carbocycles. The molecule has 1 aliphatic heterocycles. The second kappa shape index (κ2) is 6.88. The van der Waals surface area contributed by atoms with Crippen molar-refractivity contribution >= 4 is 25.8 Å². The van der Waals surface area contributed by atoms with Crippen LogP contribution in [0.3, 0.4) is 0 Å². The first kappa shape index (κ1) is 14.3. The van der Waals surface area contributed by atoms with Crippen LogP contribution >= 0.6 is 0 Å². The zero-order valence-corrected chi connectivity index (χ0v) is 13.4. The van der Waals surface area contributed by atoms with Gasteiger partial charge < -0.3 is 0 Å². The third kappa shape index (κ3) is 3.92. The van der Waals surface area contributed by atoms with Crippen molar-refractivity contribution in [1.29, 1.82) is 0 Å². The molecule has 0 spiro atoms. The van der Waals surface area contributed by atoms with Crippen LogP contribution in [0.2, 0.25) is 0 Å². The van der Waals surface area contributed by atoms with Crippen LogP contribution in [0.4, 0.5) is 0 Å². The molecule has 0 bridgehead atoms. The second-order valence-electron chi connectivity index (χ2n) is 5.03. The fourth-order valence-electron chi connectivity index (χ4n) is 2.15. The Kier molecular flexibility index (Phi) is 5.17. The Hall–Kier alpha value is -1.12. The van der Waals surface area contributed by atoms with Crippen molar-refractivity contribution in [1.82, 2.24) is 9.91 Å². The summed E-state index contributed by atoms with van der Waals surface area (Å²) in [6, 6.07) is 10.4. The number of hydrazone groups is 1. The van der Waals surface area contributed by atoms with E-state index in [0.29, 0.717) is 0 Å². The van der Waals surface area contributed by atoms with Crippen LogP contribution in [0.15, 0.2) is 35.4 Å². The van der Waals surface area contributed by atoms with E-state index in [1.165, 1.54) is 19.3 Å². The molecule has 3 nitrogen and oxygen atoms in total. The molecule has 2 rings (SSSR count). The topological polar surface area (TPSA) is 18.8 Å². The van der Waals surface area contributed by atoms with Crippen LogP contribution in [-0.2, 0) is 0 Å². The molecular formula is C15H21N3Se. The van der Waals surface area contributed by atoms with Gasteiger partial charge in [0.1, 0.15) is 0 Å².